The van der Waals surface area contributed by atoms with Crippen molar-refractivity contribution in [1.29, 1.82) is 0 Å². The summed E-state index contributed by atoms with van der Waals surface area (Å²) < 4.78 is 0. The number of fused-ring (bicyclic) bond motifs is 1. The Kier molecular flexibility index (Phi) is 2.04. The van der Waals surface area contributed by atoms with Crippen molar-refractivity contribution in [3.8, 4) is 0 Å². The quantitative estimate of drug-likeness (QED) is 0.700. The summed E-state index contributed by atoms with van der Waals surface area (Å²) in [5.74, 6) is 0. The Morgan fingerprint density at radius 1 is 1.36 bits per heavy atom. The molecule has 0 aliphatic heterocycles. The Bertz CT molecular complexity index is 511. The highest BCUT2D eigenvalue weighted by atomic mass is 32.1. The minimum absolute atomic E-state index is 0.458. The van der Waals surface area contributed by atoms with Crippen molar-refractivity contribution in [3.63, 3.8) is 0 Å². The van der Waals surface area contributed by atoms with Crippen molar-refractivity contribution in [2.24, 2.45) is 5.73 Å². The van der Waals surface area contributed by atoms with E-state index in [1.165, 1.54) is 5.56 Å². The van der Waals surface area contributed by atoms with Crippen molar-refractivity contribution in [3.05, 3.63) is 35.0 Å². The van der Waals surface area contributed by atoms with Crippen LogP contribution in [0.2, 0.25) is 0 Å². The topological polar surface area (TPSA) is 41.8 Å². The van der Waals surface area contributed by atoms with E-state index in [9.17, 15) is 0 Å². The monoisotopic (exact) mass is 204 g/mol. The van der Waals surface area contributed by atoms with Gasteiger partial charge in [0.25, 0.3) is 0 Å². The molecule has 1 heterocycles. The molecule has 72 valence electrons. The van der Waals surface area contributed by atoms with Gasteiger partial charge in [-0.15, -0.1) is 0 Å². The van der Waals surface area contributed by atoms with Gasteiger partial charge >= 0.3 is 0 Å². The molecular formula is C11H12N2S. The van der Waals surface area contributed by atoms with E-state index in [1.807, 2.05) is 6.92 Å². The fraction of sp³-hybridized carbons (Fsp3) is 0.182. The minimum Gasteiger partial charge on any atom is -0.389 e. The Hall–Kier alpha value is -1.35. The highest BCUT2D eigenvalue weighted by molar-refractivity contribution is 7.80. The molecule has 0 saturated heterocycles. The fourth-order valence-corrected chi connectivity index (χ4v) is 2.02. The first-order valence-electron chi connectivity index (χ1n) is 4.48. The molecule has 3 N–H and O–H groups in total. The molecule has 0 radical (unpaired) electrons. The summed E-state index contributed by atoms with van der Waals surface area (Å²) in [4.78, 5) is 3.73. The second-order valence-corrected chi connectivity index (χ2v) is 3.98. The molecule has 14 heavy (non-hydrogen) atoms. The number of aryl methyl sites for hydroxylation is 2. The molecule has 2 rings (SSSR count). The number of nitrogens with two attached hydrogens (primary N) is 1. The summed E-state index contributed by atoms with van der Waals surface area (Å²) in [6.45, 7) is 4.05. The van der Waals surface area contributed by atoms with Gasteiger partial charge in [0.15, 0.2) is 0 Å². The third kappa shape index (κ3) is 1.30. The maximum atomic E-state index is 5.69. The molecule has 0 amide bonds. The first-order valence-corrected chi connectivity index (χ1v) is 4.89. The lowest BCUT2D eigenvalue weighted by molar-refractivity contribution is 1.29. The number of hydrogen-bond donors (Lipinski definition) is 2. The average Bonchev–Trinajstić information content (AvgIpc) is 2.40. The van der Waals surface area contributed by atoms with Crippen LogP contribution in [0.25, 0.3) is 10.9 Å². The Morgan fingerprint density at radius 3 is 2.71 bits per heavy atom. The molecule has 0 aliphatic rings. The molecule has 3 heteroatoms. The van der Waals surface area contributed by atoms with E-state index in [0.717, 1.165) is 22.2 Å². The number of hydrogen-bond acceptors (Lipinski definition) is 1. The van der Waals surface area contributed by atoms with Gasteiger partial charge in [-0.05, 0) is 26.0 Å². The summed E-state index contributed by atoms with van der Waals surface area (Å²) in [6, 6.07) is 6.23. The summed E-state index contributed by atoms with van der Waals surface area (Å²) in [7, 11) is 0. The van der Waals surface area contributed by atoms with Crippen LogP contribution in [0.1, 0.15) is 16.8 Å². The van der Waals surface area contributed by atoms with Gasteiger partial charge < -0.3 is 10.7 Å². The number of H-pyrrole nitrogens is 1. The maximum absolute atomic E-state index is 5.69. The Labute approximate surface area is 88.1 Å². The van der Waals surface area contributed by atoms with Crippen molar-refractivity contribution in [2.75, 3.05) is 0 Å². The zero-order valence-electron chi connectivity index (χ0n) is 8.22. The lowest BCUT2D eigenvalue weighted by Gasteiger charge is -1.98. The van der Waals surface area contributed by atoms with Crippen molar-refractivity contribution in [2.45, 2.75) is 13.8 Å². The van der Waals surface area contributed by atoms with E-state index >= 15 is 0 Å². The van der Waals surface area contributed by atoms with Crippen LogP contribution in [0.3, 0.4) is 0 Å². The van der Waals surface area contributed by atoms with Crippen molar-refractivity contribution >= 4 is 28.1 Å². The third-order valence-corrected chi connectivity index (χ3v) is 2.59. The van der Waals surface area contributed by atoms with Crippen LogP contribution in [-0.4, -0.2) is 9.97 Å². The smallest absolute Gasteiger partial charge is 0.106 e. The van der Waals surface area contributed by atoms with E-state index in [1.54, 1.807) is 0 Å². The molecule has 0 spiro atoms. The Balaban J connectivity index is 2.86. The maximum Gasteiger partial charge on any atom is 0.106 e. The molecule has 0 fully saturated rings. The average molecular weight is 204 g/mol. The largest absolute Gasteiger partial charge is 0.389 e. The van der Waals surface area contributed by atoms with E-state index < -0.39 is 0 Å². The van der Waals surface area contributed by atoms with Gasteiger partial charge in [-0.2, -0.15) is 0 Å². The first-order chi connectivity index (χ1) is 6.59. The molecule has 1 aromatic heterocycles. The number of thiocarbonyl (C=S) groups is 1. The highest BCUT2D eigenvalue weighted by Crippen LogP contribution is 2.22. The predicted molar refractivity (Wildman–Crippen MR) is 63.7 cm³/mol. The fourth-order valence-electron chi connectivity index (χ4n) is 1.76. The molecular weight excluding hydrogens is 192 g/mol. The molecule has 0 unspecified atom stereocenters. The van der Waals surface area contributed by atoms with Crippen LogP contribution >= 0.6 is 12.2 Å². The zero-order chi connectivity index (χ0) is 10.3. The number of nitrogens with one attached hydrogen (secondary N) is 1. The van der Waals surface area contributed by atoms with Gasteiger partial charge in [0.2, 0.25) is 0 Å². The molecule has 2 aromatic rings. The number of aromatic amines is 1. The van der Waals surface area contributed by atoms with Gasteiger partial charge in [0.1, 0.15) is 4.99 Å². The van der Waals surface area contributed by atoms with Crippen LogP contribution in [0.4, 0.5) is 0 Å². The molecule has 1 aromatic carbocycles. The predicted octanol–water partition coefficient (Wildman–Crippen LogP) is 2.42. The molecule has 0 bridgehead atoms. The van der Waals surface area contributed by atoms with Gasteiger partial charge in [0, 0.05) is 22.2 Å². The van der Waals surface area contributed by atoms with Crippen LogP contribution in [0, 0.1) is 13.8 Å². The van der Waals surface area contributed by atoms with Gasteiger partial charge in [0.05, 0.1) is 0 Å². The summed E-state index contributed by atoms with van der Waals surface area (Å²) in [5.41, 5.74) is 10.0. The molecule has 0 aliphatic carbocycles. The van der Waals surface area contributed by atoms with Crippen molar-refractivity contribution < 1.29 is 0 Å². The summed E-state index contributed by atoms with van der Waals surface area (Å²) in [5, 5.41) is 1.12. The highest BCUT2D eigenvalue weighted by Gasteiger charge is 2.09. The standard InChI is InChI=1S/C11H12N2S/c1-6-3-4-9-8(5-6)10(11(12)14)7(2)13-9/h3-5,13H,1-2H3,(H2,12,14). The van der Waals surface area contributed by atoms with Crippen LogP contribution < -0.4 is 5.73 Å². The van der Waals surface area contributed by atoms with Crippen LogP contribution in [0.5, 0.6) is 0 Å². The second kappa shape index (κ2) is 3.10. The number of aromatic nitrogens is 1. The van der Waals surface area contributed by atoms with E-state index in [4.69, 9.17) is 18.0 Å². The van der Waals surface area contributed by atoms with Gasteiger partial charge in [-0.3, -0.25) is 0 Å². The number of benzene rings is 1. The lowest BCUT2D eigenvalue weighted by Crippen LogP contribution is -2.10. The summed E-state index contributed by atoms with van der Waals surface area (Å²) in [6.07, 6.45) is 0. The summed E-state index contributed by atoms with van der Waals surface area (Å²) >= 11 is 5.03. The second-order valence-electron chi connectivity index (χ2n) is 3.54. The van der Waals surface area contributed by atoms with Crippen LogP contribution in [0.15, 0.2) is 18.2 Å². The Morgan fingerprint density at radius 2 is 2.07 bits per heavy atom. The SMILES string of the molecule is Cc1ccc2[nH]c(C)c(C(N)=S)c2c1. The van der Waals surface area contributed by atoms with E-state index in [2.05, 4.69) is 30.1 Å². The molecule has 2 nitrogen and oxygen atoms in total. The normalized spacial score (nSPS) is 10.7. The first kappa shape index (κ1) is 9.21. The third-order valence-electron chi connectivity index (χ3n) is 2.39. The van der Waals surface area contributed by atoms with Crippen LogP contribution in [-0.2, 0) is 0 Å². The number of rotatable bonds is 1. The molecule has 0 atom stereocenters. The van der Waals surface area contributed by atoms with Crippen molar-refractivity contribution in [1.82, 2.24) is 4.98 Å². The van der Waals surface area contributed by atoms with Gasteiger partial charge in [-0.1, -0.05) is 23.8 Å². The lowest BCUT2D eigenvalue weighted by atomic mass is 10.1. The zero-order valence-corrected chi connectivity index (χ0v) is 9.03. The van der Waals surface area contributed by atoms with E-state index in [-0.39, 0.29) is 0 Å². The molecule has 0 saturated carbocycles. The van der Waals surface area contributed by atoms with E-state index in [0.29, 0.717) is 4.99 Å². The van der Waals surface area contributed by atoms with Gasteiger partial charge in [-0.25, -0.2) is 0 Å². The minimum atomic E-state index is 0.458.